The van der Waals surface area contributed by atoms with Crippen molar-refractivity contribution in [3.05, 3.63) is 0 Å². The smallest absolute Gasteiger partial charge is 0.305 e. The Hall–Kier alpha value is -2.77. The molecule has 0 spiro atoms. The van der Waals surface area contributed by atoms with Crippen LogP contribution in [0, 0.1) is 17.8 Å². The van der Waals surface area contributed by atoms with Crippen molar-refractivity contribution in [2.24, 2.45) is 17.8 Å². The van der Waals surface area contributed by atoms with Crippen LogP contribution < -0.4 is 0 Å². The summed E-state index contributed by atoms with van der Waals surface area (Å²) in [7, 11) is 0. The van der Waals surface area contributed by atoms with E-state index in [1.165, 1.54) is 34.6 Å². The van der Waals surface area contributed by atoms with Crippen LogP contribution in [0.5, 0.6) is 0 Å². The minimum absolute atomic E-state index is 0.0499. The molecule has 2 aliphatic heterocycles. The van der Waals surface area contributed by atoms with Crippen molar-refractivity contribution in [2.75, 3.05) is 13.2 Å². The molecule has 10 atom stereocenters. The van der Waals surface area contributed by atoms with Gasteiger partial charge in [-0.05, 0) is 5.92 Å². The average molecular weight is 547 g/mol. The molecule has 0 bridgehead atoms. The van der Waals surface area contributed by atoms with Crippen LogP contribution in [0.3, 0.4) is 0 Å². The van der Waals surface area contributed by atoms with Gasteiger partial charge < -0.3 is 37.9 Å². The van der Waals surface area contributed by atoms with E-state index in [0.29, 0.717) is 0 Å². The molecular formula is C25H38O13. The van der Waals surface area contributed by atoms with Gasteiger partial charge in [0.2, 0.25) is 6.29 Å². The zero-order chi connectivity index (χ0) is 28.7. The molecule has 2 fully saturated rings. The maximum absolute atomic E-state index is 11.9. The summed E-state index contributed by atoms with van der Waals surface area (Å²) in [6, 6.07) is 0. The fourth-order valence-electron chi connectivity index (χ4n) is 4.53. The lowest BCUT2D eigenvalue weighted by Gasteiger charge is -2.48. The summed E-state index contributed by atoms with van der Waals surface area (Å²) in [5.74, 6) is -4.06. The highest BCUT2D eigenvalue weighted by molar-refractivity contribution is 5.68. The molecule has 4 unspecified atom stereocenters. The van der Waals surface area contributed by atoms with E-state index in [1.807, 2.05) is 13.8 Å². The lowest BCUT2D eigenvalue weighted by Crippen LogP contribution is -2.61. The quantitative estimate of drug-likeness (QED) is 0.301. The fraction of sp³-hybridized carbons (Fsp3) is 0.800. The standard InChI is InChI=1S/C25H38O13/c1-11-12(2)22(33-16(6)28)25(36-19(11)9-31-14(4)26)38-21-13(3)23(34-17(7)29)24(35-18(8)30)37-20(21)10-32-15(5)27/h11-13,19-25H,9-10H2,1-8H3/t11-,12+,13+,19?,20?,21+,22?,23?,24-,25+/m1/s1. The minimum Gasteiger partial charge on any atom is -0.463 e. The summed E-state index contributed by atoms with van der Waals surface area (Å²) in [5, 5.41) is 0. The molecule has 2 aliphatic rings. The van der Waals surface area contributed by atoms with E-state index in [2.05, 4.69) is 0 Å². The van der Waals surface area contributed by atoms with Gasteiger partial charge >= 0.3 is 29.8 Å². The Labute approximate surface area is 221 Å². The van der Waals surface area contributed by atoms with E-state index >= 15 is 0 Å². The molecule has 2 heterocycles. The SMILES string of the molecule is CC(=O)OCC1O[C@@H](OC(C)=O)C(OC(C)=O)[C@@H](C)[C@@H]1O[C@@H]1OC(COC(C)=O)[C@H](C)[C@H](C)C1OC(C)=O. The summed E-state index contributed by atoms with van der Waals surface area (Å²) >= 11 is 0. The molecule has 13 nitrogen and oxygen atoms in total. The maximum Gasteiger partial charge on any atom is 0.305 e. The lowest BCUT2D eigenvalue weighted by molar-refractivity contribution is -0.340. The van der Waals surface area contributed by atoms with Gasteiger partial charge in [-0.1, -0.05) is 20.8 Å². The van der Waals surface area contributed by atoms with Crippen molar-refractivity contribution in [2.45, 2.75) is 98.5 Å². The van der Waals surface area contributed by atoms with Crippen LogP contribution in [0.15, 0.2) is 0 Å². The first-order valence-corrected chi connectivity index (χ1v) is 12.5. The van der Waals surface area contributed by atoms with Gasteiger partial charge in [-0.15, -0.1) is 0 Å². The van der Waals surface area contributed by atoms with Crippen molar-refractivity contribution in [3.8, 4) is 0 Å². The van der Waals surface area contributed by atoms with Crippen LogP contribution >= 0.6 is 0 Å². The van der Waals surface area contributed by atoms with Gasteiger partial charge in [0.1, 0.15) is 19.3 Å². The Morgan fingerprint density at radius 3 is 1.45 bits per heavy atom. The van der Waals surface area contributed by atoms with Gasteiger partial charge in [0.05, 0.1) is 12.2 Å². The highest BCUT2D eigenvalue weighted by Crippen LogP contribution is 2.38. The zero-order valence-corrected chi connectivity index (χ0v) is 23.0. The van der Waals surface area contributed by atoms with Crippen LogP contribution in [-0.4, -0.2) is 86.2 Å². The molecule has 13 heteroatoms. The van der Waals surface area contributed by atoms with Crippen molar-refractivity contribution >= 4 is 29.8 Å². The van der Waals surface area contributed by atoms with Gasteiger partial charge in [0.15, 0.2) is 18.5 Å². The fourth-order valence-corrected chi connectivity index (χ4v) is 4.53. The summed E-state index contributed by atoms with van der Waals surface area (Å²) in [5.41, 5.74) is 0. The number of esters is 5. The van der Waals surface area contributed by atoms with Crippen molar-refractivity contribution in [3.63, 3.8) is 0 Å². The second-order valence-corrected chi connectivity index (χ2v) is 9.63. The number of carbonyl (C=O) groups is 5. The van der Waals surface area contributed by atoms with Crippen LogP contribution in [-0.2, 0) is 61.9 Å². The van der Waals surface area contributed by atoms with E-state index in [1.54, 1.807) is 6.92 Å². The molecule has 2 rings (SSSR count). The van der Waals surface area contributed by atoms with E-state index in [9.17, 15) is 24.0 Å². The van der Waals surface area contributed by atoms with Crippen molar-refractivity contribution in [1.29, 1.82) is 0 Å². The number of hydrogen-bond acceptors (Lipinski definition) is 13. The summed E-state index contributed by atoms with van der Waals surface area (Å²) in [6.45, 7) is 11.2. The Balaban J connectivity index is 2.41. The highest BCUT2D eigenvalue weighted by atomic mass is 16.8. The molecule has 216 valence electrons. The second kappa shape index (κ2) is 13.9. The van der Waals surface area contributed by atoms with E-state index in [0.717, 1.165) is 0 Å². The zero-order valence-electron chi connectivity index (χ0n) is 23.0. The first-order valence-electron chi connectivity index (χ1n) is 12.5. The summed E-state index contributed by atoms with van der Waals surface area (Å²) < 4.78 is 44.9. The molecule has 0 aromatic carbocycles. The third-order valence-corrected chi connectivity index (χ3v) is 6.57. The van der Waals surface area contributed by atoms with E-state index in [-0.39, 0.29) is 25.0 Å². The Kier molecular flexibility index (Phi) is 11.5. The van der Waals surface area contributed by atoms with Gasteiger partial charge in [-0.25, -0.2) is 0 Å². The Morgan fingerprint density at radius 1 is 0.526 bits per heavy atom. The minimum atomic E-state index is -1.29. The molecule has 0 aromatic heterocycles. The lowest BCUT2D eigenvalue weighted by atomic mass is 9.83. The molecular weight excluding hydrogens is 508 g/mol. The van der Waals surface area contributed by atoms with Gasteiger partial charge in [-0.2, -0.15) is 0 Å². The van der Waals surface area contributed by atoms with Crippen molar-refractivity contribution in [1.82, 2.24) is 0 Å². The summed E-state index contributed by atoms with van der Waals surface area (Å²) in [4.78, 5) is 58.5. The second-order valence-electron chi connectivity index (χ2n) is 9.63. The largest absolute Gasteiger partial charge is 0.463 e. The molecule has 0 aromatic rings. The first kappa shape index (κ1) is 31.4. The predicted molar refractivity (Wildman–Crippen MR) is 126 cm³/mol. The number of hydrogen-bond donors (Lipinski definition) is 0. The van der Waals surface area contributed by atoms with Gasteiger partial charge in [-0.3, -0.25) is 24.0 Å². The van der Waals surface area contributed by atoms with Crippen LogP contribution in [0.25, 0.3) is 0 Å². The predicted octanol–water partition coefficient (Wildman–Crippen LogP) is 1.28. The average Bonchev–Trinajstić information content (AvgIpc) is 2.79. The van der Waals surface area contributed by atoms with E-state index < -0.39 is 78.9 Å². The molecule has 0 N–H and O–H groups in total. The first-order chi connectivity index (χ1) is 17.7. The molecule has 0 aliphatic carbocycles. The number of ether oxygens (including phenoxy) is 8. The third kappa shape index (κ3) is 8.63. The van der Waals surface area contributed by atoms with Gasteiger partial charge in [0, 0.05) is 46.5 Å². The van der Waals surface area contributed by atoms with Gasteiger partial charge in [0.25, 0.3) is 0 Å². The number of rotatable bonds is 9. The summed E-state index contributed by atoms with van der Waals surface area (Å²) in [6.07, 6.45) is -6.87. The molecule has 0 saturated carbocycles. The van der Waals surface area contributed by atoms with Crippen LogP contribution in [0.1, 0.15) is 55.4 Å². The number of carbonyl (C=O) groups excluding carboxylic acids is 5. The highest BCUT2D eigenvalue weighted by Gasteiger charge is 2.52. The molecule has 0 amide bonds. The van der Waals surface area contributed by atoms with Crippen LogP contribution in [0.4, 0.5) is 0 Å². The normalized spacial score (nSPS) is 34.9. The van der Waals surface area contributed by atoms with Crippen LogP contribution in [0.2, 0.25) is 0 Å². The monoisotopic (exact) mass is 546 g/mol. The van der Waals surface area contributed by atoms with Crippen molar-refractivity contribution < 1.29 is 61.9 Å². The third-order valence-electron chi connectivity index (χ3n) is 6.57. The molecule has 0 radical (unpaired) electrons. The topological polar surface area (TPSA) is 159 Å². The molecule has 38 heavy (non-hydrogen) atoms. The molecule has 2 saturated heterocycles. The maximum atomic E-state index is 11.9. The Bertz CT molecular complexity index is 869. The Morgan fingerprint density at radius 2 is 0.974 bits per heavy atom. The van der Waals surface area contributed by atoms with E-state index in [4.69, 9.17) is 37.9 Å².